The van der Waals surface area contributed by atoms with Crippen LogP contribution in [0, 0.1) is 23.7 Å². The number of carbonyl (C=O) groups is 5. The van der Waals surface area contributed by atoms with E-state index in [2.05, 4.69) is 81.9 Å². The Labute approximate surface area is 356 Å². The Hall–Kier alpha value is -4.05. The Bertz CT molecular complexity index is 1810. The Morgan fingerprint density at radius 3 is 2.48 bits per heavy atom. The van der Waals surface area contributed by atoms with Crippen molar-refractivity contribution in [2.24, 2.45) is 23.7 Å². The number of nitrogens with one attached hydrogen (secondary N) is 3. The van der Waals surface area contributed by atoms with Crippen LogP contribution in [0.15, 0.2) is 42.0 Å². The van der Waals surface area contributed by atoms with Crippen molar-refractivity contribution in [2.75, 3.05) is 44.8 Å². The van der Waals surface area contributed by atoms with E-state index in [1.54, 1.807) is 12.1 Å². The smallest absolute Gasteiger partial charge is 0.407 e. The number of allylic oxidation sites excluding steroid dienone is 3. The van der Waals surface area contributed by atoms with Gasteiger partial charge in [-0.1, -0.05) is 58.9 Å². The molecular weight excluding hydrogens is 785 g/mol. The van der Waals surface area contributed by atoms with Crippen LogP contribution >= 0.6 is 0 Å². The van der Waals surface area contributed by atoms with Crippen LogP contribution in [0.4, 0.5) is 10.5 Å². The number of ether oxygens (including phenoxy) is 4. The van der Waals surface area contributed by atoms with Gasteiger partial charge in [0.15, 0.2) is 8.32 Å². The van der Waals surface area contributed by atoms with E-state index in [1.165, 1.54) is 10.5 Å². The highest BCUT2D eigenvalue weighted by molar-refractivity contribution is 6.74. The van der Waals surface area contributed by atoms with Crippen molar-refractivity contribution in [2.45, 2.75) is 129 Å². The monoisotopic (exact) mass is 850 g/mol. The molecular formula is C45H66N4O10Si. The number of benzene rings is 1. The van der Waals surface area contributed by atoms with Gasteiger partial charge in [0.05, 0.1) is 39.0 Å². The number of amides is 4. The van der Waals surface area contributed by atoms with Crippen LogP contribution < -0.4 is 16.0 Å². The molecule has 3 heterocycles. The molecule has 15 heteroatoms. The van der Waals surface area contributed by atoms with E-state index in [0.717, 1.165) is 30.5 Å². The highest BCUT2D eigenvalue weighted by Crippen LogP contribution is 2.46. The zero-order valence-electron chi connectivity index (χ0n) is 36.5. The predicted molar refractivity (Wildman–Crippen MR) is 228 cm³/mol. The molecule has 0 saturated carbocycles. The second-order valence-corrected chi connectivity index (χ2v) is 23.4. The summed E-state index contributed by atoms with van der Waals surface area (Å²) in [6.07, 6.45) is 9.60. The third-order valence-corrected chi connectivity index (χ3v) is 17.7. The first kappa shape index (κ1) is 45.5. The van der Waals surface area contributed by atoms with Crippen LogP contribution in [-0.2, 0) is 44.3 Å². The SMILES string of the molecule is C[C@H]1C=C2C=C[C@H](C)[C@H](CC[C@@H]3C[C@@H](O[Si](C)(C)C(C)(C)C)CC(=O)O3)[C@H]2[C@@H](OC(=O)NCCOCCOCCNc2cccc3c2CN(C2CCC(=O)NC2=O)C3=O)C1. The Morgan fingerprint density at radius 2 is 1.75 bits per heavy atom. The van der Waals surface area contributed by atoms with Crippen LogP contribution in [0.25, 0.3) is 0 Å². The summed E-state index contributed by atoms with van der Waals surface area (Å²) in [5.41, 5.74) is 3.40. The Balaban J connectivity index is 0.887. The summed E-state index contributed by atoms with van der Waals surface area (Å²) in [5, 5.41) is 8.59. The zero-order chi connectivity index (χ0) is 43.2. The molecule has 5 aliphatic rings. The predicted octanol–water partition coefficient (Wildman–Crippen LogP) is 6.27. The molecule has 6 rings (SSSR count). The molecule has 14 nitrogen and oxygen atoms in total. The third-order valence-electron chi connectivity index (χ3n) is 13.2. The van der Waals surface area contributed by atoms with Crippen molar-refractivity contribution >= 4 is 43.8 Å². The van der Waals surface area contributed by atoms with Crippen LogP contribution in [-0.4, -0.2) is 107 Å². The normalized spacial score (nSPS) is 28.1. The summed E-state index contributed by atoms with van der Waals surface area (Å²) >= 11 is 0. The quantitative estimate of drug-likeness (QED) is 0.0699. The van der Waals surface area contributed by atoms with Gasteiger partial charge in [-0.3, -0.25) is 24.5 Å². The number of esters is 1. The van der Waals surface area contributed by atoms with Crippen molar-refractivity contribution in [1.82, 2.24) is 15.5 Å². The topological polar surface area (TPSA) is 171 Å². The molecule has 2 saturated heterocycles. The van der Waals surface area contributed by atoms with Gasteiger partial charge in [0, 0.05) is 55.2 Å². The number of fused-ring (bicyclic) bond motifs is 2. The number of hydrogen-bond donors (Lipinski definition) is 3. The van der Waals surface area contributed by atoms with E-state index >= 15 is 0 Å². The number of imide groups is 1. The lowest BCUT2D eigenvalue weighted by Gasteiger charge is -2.44. The van der Waals surface area contributed by atoms with Gasteiger partial charge >= 0.3 is 12.1 Å². The molecule has 2 aliphatic carbocycles. The number of piperidine rings is 1. The standard InChI is InChI=1S/C45H66N4O10Si/c1-28-23-30-12-11-29(2)33(14-13-31-25-32(26-40(51)57-31)59-60(6,7)45(3,4)5)41(30)38(24-28)58-44(54)47-18-20-56-22-21-55-19-17-46-36-10-8-9-34-35(36)27-49(43(34)53)37-15-16-39(50)48-42(37)52/h8-12,23,28-29,31-33,37-38,41,46H,13-22,24-27H2,1-7H3,(H,47,54)(H,48,50,52)/t28-,29-,31+,32+,33-,37?,38-,41-/m0/s1. The number of nitrogens with zero attached hydrogens (tertiary/aromatic N) is 1. The lowest BCUT2D eigenvalue weighted by Crippen LogP contribution is -2.52. The van der Waals surface area contributed by atoms with Gasteiger partial charge < -0.3 is 38.9 Å². The molecule has 1 aromatic carbocycles. The minimum absolute atomic E-state index is 0.0588. The number of rotatable bonds is 17. The summed E-state index contributed by atoms with van der Waals surface area (Å²) in [6.45, 7) is 18.0. The fraction of sp³-hybridized carbons (Fsp3) is 0.667. The third kappa shape index (κ3) is 11.2. The molecule has 3 aliphatic heterocycles. The average molecular weight is 851 g/mol. The molecule has 4 amide bonds. The van der Waals surface area contributed by atoms with E-state index in [9.17, 15) is 24.0 Å². The summed E-state index contributed by atoms with van der Waals surface area (Å²) in [7, 11) is -2.03. The Morgan fingerprint density at radius 1 is 1.00 bits per heavy atom. The van der Waals surface area contributed by atoms with Gasteiger partial charge in [-0.15, -0.1) is 0 Å². The van der Waals surface area contributed by atoms with Crippen molar-refractivity contribution < 1.29 is 47.3 Å². The van der Waals surface area contributed by atoms with E-state index < -0.39 is 26.4 Å². The molecule has 2 fully saturated rings. The number of cyclic esters (lactones) is 1. The van der Waals surface area contributed by atoms with E-state index in [1.807, 2.05) is 6.07 Å². The van der Waals surface area contributed by atoms with Crippen molar-refractivity contribution in [3.63, 3.8) is 0 Å². The van der Waals surface area contributed by atoms with Gasteiger partial charge in [-0.25, -0.2) is 4.79 Å². The molecule has 3 N–H and O–H groups in total. The zero-order valence-corrected chi connectivity index (χ0v) is 37.5. The van der Waals surface area contributed by atoms with Crippen LogP contribution in [0.2, 0.25) is 18.1 Å². The molecule has 8 atom stereocenters. The lowest BCUT2D eigenvalue weighted by molar-refractivity contribution is -0.160. The second-order valence-electron chi connectivity index (χ2n) is 18.7. The first-order valence-corrected chi connectivity index (χ1v) is 24.8. The van der Waals surface area contributed by atoms with Crippen molar-refractivity contribution in [1.29, 1.82) is 0 Å². The fourth-order valence-corrected chi connectivity index (χ4v) is 10.4. The molecule has 0 spiro atoms. The van der Waals surface area contributed by atoms with Crippen LogP contribution in [0.5, 0.6) is 0 Å². The first-order valence-electron chi connectivity index (χ1n) is 21.9. The van der Waals surface area contributed by atoms with Gasteiger partial charge in [-0.2, -0.15) is 0 Å². The molecule has 330 valence electrons. The average Bonchev–Trinajstić information content (AvgIpc) is 3.50. The number of alkyl carbamates (subject to hydrolysis) is 1. The second kappa shape index (κ2) is 19.8. The minimum atomic E-state index is -2.03. The minimum Gasteiger partial charge on any atom is -0.462 e. The van der Waals surface area contributed by atoms with Crippen LogP contribution in [0.3, 0.4) is 0 Å². The lowest BCUT2D eigenvalue weighted by atomic mass is 9.65. The Kier molecular flexibility index (Phi) is 15.0. The summed E-state index contributed by atoms with van der Waals surface area (Å²) in [5.74, 6) is -0.292. The molecule has 60 heavy (non-hydrogen) atoms. The molecule has 0 bridgehead atoms. The largest absolute Gasteiger partial charge is 0.462 e. The van der Waals surface area contributed by atoms with Gasteiger partial charge in [0.25, 0.3) is 5.91 Å². The fourth-order valence-electron chi connectivity index (χ4n) is 9.04. The summed E-state index contributed by atoms with van der Waals surface area (Å²) < 4.78 is 30.1. The number of carbonyl (C=O) groups excluding carboxylic acids is 5. The van der Waals surface area contributed by atoms with Crippen molar-refractivity contribution in [3.05, 3.63) is 53.1 Å². The van der Waals surface area contributed by atoms with E-state index in [4.69, 9.17) is 23.4 Å². The number of hydrogen-bond acceptors (Lipinski definition) is 11. The molecule has 1 unspecified atom stereocenters. The molecule has 1 aromatic rings. The van der Waals surface area contributed by atoms with Gasteiger partial charge in [0.2, 0.25) is 11.8 Å². The first-order chi connectivity index (χ1) is 28.5. The highest BCUT2D eigenvalue weighted by atomic mass is 28.4. The molecule has 0 aromatic heterocycles. The molecule has 0 radical (unpaired) electrons. The maximum atomic E-state index is 13.1. The maximum Gasteiger partial charge on any atom is 0.407 e. The summed E-state index contributed by atoms with van der Waals surface area (Å²) in [6, 6.07) is 4.80. The van der Waals surface area contributed by atoms with Crippen molar-refractivity contribution in [3.8, 4) is 0 Å². The number of anilines is 1. The highest BCUT2D eigenvalue weighted by Gasteiger charge is 2.44. The van der Waals surface area contributed by atoms with Gasteiger partial charge in [-0.05, 0) is 79.3 Å². The maximum absolute atomic E-state index is 13.1. The van der Waals surface area contributed by atoms with E-state index in [-0.39, 0.29) is 71.2 Å². The van der Waals surface area contributed by atoms with Crippen LogP contribution in [0.1, 0.15) is 95.5 Å². The van der Waals surface area contributed by atoms with Gasteiger partial charge in [0.1, 0.15) is 18.2 Å². The summed E-state index contributed by atoms with van der Waals surface area (Å²) in [4.78, 5) is 64.4. The van der Waals surface area contributed by atoms with E-state index in [0.29, 0.717) is 70.9 Å².